The molecular formula is C25H29FN4O2. The Morgan fingerprint density at radius 2 is 1.88 bits per heavy atom. The number of benzene rings is 2. The van der Waals surface area contributed by atoms with E-state index in [1.54, 1.807) is 21.9 Å². The number of rotatable bonds is 9. The van der Waals surface area contributed by atoms with Crippen LogP contribution in [0, 0.1) is 5.82 Å². The molecule has 2 aromatic carbocycles. The number of hydrogen-bond donors (Lipinski definition) is 2. The number of aromatic amines is 1. The van der Waals surface area contributed by atoms with E-state index in [0.29, 0.717) is 26.1 Å². The van der Waals surface area contributed by atoms with Crippen molar-refractivity contribution < 1.29 is 14.0 Å². The molecule has 1 aromatic heterocycles. The highest BCUT2D eigenvalue weighted by atomic mass is 19.1. The summed E-state index contributed by atoms with van der Waals surface area (Å²) in [7, 11) is 0. The van der Waals surface area contributed by atoms with Gasteiger partial charge in [0.05, 0.1) is 0 Å². The topological polar surface area (TPSA) is 68.4 Å². The van der Waals surface area contributed by atoms with E-state index >= 15 is 0 Å². The molecule has 0 saturated heterocycles. The van der Waals surface area contributed by atoms with E-state index < -0.39 is 0 Å². The van der Waals surface area contributed by atoms with Crippen LogP contribution in [-0.4, -0.2) is 52.4 Å². The van der Waals surface area contributed by atoms with Gasteiger partial charge in [-0.3, -0.25) is 4.79 Å². The van der Waals surface area contributed by atoms with Crippen LogP contribution in [0.1, 0.15) is 30.9 Å². The Morgan fingerprint density at radius 3 is 2.59 bits per heavy atom. The number of fused-ring (bicyclic) bond motifs is 1. The lowest BCUT2D eigenvalue weighted by Gasteiger charge is -2.28. The second-order valence-electron chi connectivity index (χ2n) is 8.25. The molecule has 32 heavy (non-hydrogen) atoms. The fraction of sp³-hybridized carbons (Fsp3) is 0.360. The van der Waals surface area contributed by atoms with Gasteiger partial charge in [-0.1, -0.05) is 30.3 Å². The van der Waals surface area contributed by atoms with Crippen LogP contribution in [0.3, 0.4) is 0 Å². The van der Waals surface area contributed by atoms with Gasteiger partial charge in [0.2, 0.25) is 5.91 Å². The van der Waals surface area contributed by atoms with Crippen molar-refractivity contribution in [2.24, 2.45) is 0 Å². The molecule has 0 unspecified atom stereocenters. The molecule has 1 aliphatic rings. The number of nitrogens with zero attached hydrogens (tertiary/aromatic N) is 2. The van der Waals surface area contributed by atoms with Gasteiger partial charge in [0.15, 0.2) is 0 Å². The fourth-order valence-electron chi connectivity index (χ4n) is 3.95. The van der Waals surface area contributed by atoms with Crippen LogP contribution in [-0.2, 0) is 17.8 Å². The van der Waals surface area contributed by atoms with E-state index in [1.165, 1.54) is 12.1 Å². The monoisotopic (exact) mass is 436 g/mol. The number of carbonyl (C=O) groups is 2. The first-order chi connectivity index (χ1) is 15.5. The number of amides is 3. The van der Waals surface area contributed by atoms with Crippen LogP contribution in [0.25, 0.3) is 10.9 Å². The smallest absolute Gasteiger partial charge is 0.318 e. The Hall–Kier alpha value is -3.35. The highest BCUT2D eigenvalue weighted by Crippen LogP contribution is 2.27. The summed E-state index contributed by atoms with van der Waals surface area (Å²) in [5, 5.41) is 3.95. The Balaban J connectivity index is 1.50. The quantitative estimate of drug-likeness (QED) is 0.531. The molecule has 3 aromatic rings. The maximum Gasteiger partial charge on any atom is 0.318 e. The molecule has 0 bridgehead atoms. The van der Waals surface area contributed by atoms with Gasteiger partial charge < -0.3 is 20.1 Å². The first kappa shape index (κ1) is 21.9. The number of H-pyrrole nitrogens is 1. The fourth-order valence-corrected chi connectivity index (χ4v) is 3.95. The van der Waals surface area contributed by atoms with Gasteiger partial charge in [-0.25, -0.2) is 9.18 Å². The lowest BCUT2D eigenvalue weighted by molar-refractivity contribution is -0.132. The lowest BCUT2D eigenvalue weighted by Crippen LogP contribution is -2.48. The van der Waals surface area contributed by atoms with E-state index in [1.807, 2.05) is 31.3 Å². The minimum atomic E-state index is -0.304. The number of halogens is 1. The van der Waals surface area contributed by atoms with Crippen molar-refractivity contribution in [1.29, 1.82) is 0 Å². The van der Waals surface area contributed by atoms with Crippen molar-refractivity contribution in [3.63, 3.8) is 0 Å². The summed E-state index contributed by atoms with van der Waals surface area (Å²) in [6, 6.07) is 14.2. The van der Waals surface area contributed by atoms with Crippen LogP contribution in [0.5, 0.6) is 0 Å². The van der Waals surface area contributed by atoms with Crippen LogP contribution < -0.4 is 5.32 Å². The van der Waals surface area contributed by atoms with Crippen molar-refractivity contribution in [2.45, 2.75) is 38.8 Å². The van der Waals surface area contributed by atoms with E-state index in [2.05, 4.69) is 16.4 Å². The van der Waals surface area contributed by atoms with Crippen molar-refractivity contribution in [3.8, 4) is 0 Å². The first-order valence-electron chi connectivity index (χ1n) is 11.2. The van der Waals surface area contributed by atoms with Gasteiger partial charge in [-0.2, -0.15) is 0 Å². The van der Waals surface area contributed by atoms with Gasteiger partial charge in [-0.05, 0) is 55.5 Å². The maximum absolute atomic E-state index is 13.4. The molecule has 1 fully saturated rings. The number of urea groups is 1. The highest BCUT2D eigenvalue weighted by Gasteiger charge is 2.34. The zero-order valence-electron chi connectivity index (χ0n) is 18.3. The average molecular weight is 437 g/mol. The standard InChI is InChI=1S/C25H29FN4O2/c1-2-27-25(32)30(21-11-12-21)17-24(31)29(16-18-7-9-20(26)10-8-18)14-13-19-15-28-23-6-4-3-5-22(19)23/h3-10,15,21,28H,2,11-14,16-17H2,1H3,(H,27,32). The summed E-state index contributed by atoms with van der Waals surface area (Å²) in [6.07, 6.45) is 4.52. The highest BCUT2D eigenvalue weighted by molar-refractivity contribution is 5.85. The lowest BCUT2D eigenvalue weighted by atomic mass is 10.1. The van der Waals surface area contributed by atoms with E-state index in [9.17, 15) is 14.0 Å². The molecule has 0 radical (unpaired) electrons. The molecular weight excluding hydrogens is 407 g/mol. The zero-order chi connectivity index (χ0) is 22.5. The summed E-state index contributed by atoms with van der Waals surface area (Å²) in [5.74, 6) is -0.408. The second kappa shape index (κ2) is 9.85. The second-order valence-corrected chi connectivity index (χ2v) is 8.25. The van der Waals surface area contributed by atoms with Gasteiger partial charge in [-0.15, -0.1) is 0 Å². The molecule has 0 aliphatic heterocycles. The molecule has 2 N–H and O–H groups in total. The number of hydrogen-bond acceptors (Lipinski definition) is 2. The normalized spacial score (nSPS) is 13.2. The molecule has 3 amide bonds. The maximum atomic E-state index is 13.4. The Morgan fingerprint density at radius 1 is 1.12 bits per heavy atom. The third-order valence-corrected chi connectivity index (χ3v) is 5.85. The van der Waals surface area contributed by atoms with Crippen LogP contribution >= 0.6 is 0 Å². The number of nitrogens with one attached hydrogen (secondary N) is 2. The van der Waals surface area contributed by atoms with Crippen molar-refractivity contribution in [2.75, 3.05) is 19.6 Å². The van der Waals surface area contributed by atoms with Gasteiger partial charge in [0.1, 0.15) is 12.4 Å². The zero-order valence-corrected chi connectivity index (χ0v) is 18.3. The molecule has 1 aliphatic carbocycles. The molecule has 4 rings (SSSR count). The van der Waals surface area contributed by atoms with Crippen molar-refractivity contribution in [3.05, 3.63) is 71.7 Å². The molecule has 6 nitrogen and oxygen atoms in total. The molecule has 168 valence electrons. The van der Waals surface area contributed by atoms with E-state index in [4.69, 9.17) is 0 Å². The molecule has 0 atom stereocenters. The Bertz CT molecular complexity index is 1070. The van der Waals surface area contributed by atoms with E-state index in [-0.39, 0.29) is 30.3 Å². The van der Waals surface area contributed by atoms with E-state index in [0.717, 1.165) is 34.9 Å². The first-order valence-corrected chi connectivity index (χ1v) is 11.2. The predicted molar refractivity (Wildman–Crippen MR) is 123 cm³/mol. The summed E-state index contributed by atoms with van der Waals surface area (Å²) in [6.45, 7) is 3.32. The van der Waals surface area contributed by atoms with Crippen LogP contribution in [0.4, 0.5) is 9.18 Å². The Kier molecular flexibility index (Phi) is 6.73. The summed E-state index contributed by atoms with van der Waals surface area (Å²) in [5.41, 5.74) is 3.06. The third-order valence-electron chi connectivity index (χ3n) is 5.85. The SMILES string of the molecule is CCNC(=O)N(CC(=O)N(CCc1c[nH]c2ccccc12)Cc1ccc(F)cc1)C1CC1. The largest absolute Gasteiger partial charge is 0.361 e. The molecule has 0 spiro atoms. The predicted octanol–water partition coefficient (Wildman–Crippen LogP) is 4.07. The summed E-state index contributed by atoms with van der Waals surface area (Å²) < 4.78 is 13.4. The molecule has 1 saturated carbocycles. The number of para-hydroxylation sites is 1. The third kappa shape index (κ3) is 5.28. The Labute approximate surface area is 187 Å². The molecule has 1 heterocycles. The van der Waals surface area contributed by atoms with Crippen molar-refractivity contribution in [1.82, 2.24) is 20.1 Å². The number of aromatic nitrogens is 1. The average Bonchev–Trinajstić information content (AvgIpc) is 3.56. The van der Waals surface area contributed by atoms with Crippen molar-refractivity contribution >= 4 is 22.8 Å². The molecule has 7 heteroatoms. The van der Waals surface area contributed by atoms with Gasteiger partial charge >= 0.3 is 6.03 Å². The minimum absolute atomic E-state index is 0.0472. The van der Waals surface area contributed by atoms with Gasteiger partial charge in [0.25, 0.3) is 0 Å². The van der Waals surface area contributed by atoms with Crippen LogP contribution in [0.2, 0.25) is 0 Å². The van der Waals surface area contributed by atoms with Gasteiger partial charge in [0, 0.05) is 42.8 Å². The summed E-state index contributed by atoms with van der Waals surface area (Å²) in [4.78, 5) is 32.5. The summed E-state index contributed by atoms with van der Waals surface area (Å²) >= 11 is 0. The van der Waals surface area contributed by atoms with Crippen LogP contribution in [0.15, 0.2) is 54.7 Å². The minimum Gasteiger partial charge on any atom is -0.361 e. The number of carbonyl (C=O) groups excluding carboxylic acids is 2.